The van der Waals surface area contributed by atoms with E-state index in [4.69, 9.17) is 4.74 Å². The second-order valence-electron chi connectivity index (χ2n) is 6.21. The maximum atomic E-state index is 12.2. The zero-order valence-electron chi connectivity index (χ0n) is 14.0. The lowest BCUT2D eigenvalue weighted by Gasteiger charge is -2.34. The minimum atomic E-state index is -0.471. The van der Waals surface area contributed by atoms with Crippen molar-refractivity contribution >= 4 is 17.3 Å². The highest BCUT2D eigenvalue weighted by molar-refractivity contribution is 5.94. The molecule has 7 heteroatoms. The molecular formula is C16H23N3O4. The molecule has 2 rings (SSSR count). The SMILES string of the molecule is Cc1cc(NC(=O)CN2C[C@H](C)O[C@@H](C)C2)c([N+](=O)[O-])cc1C. The second kappa shape index (κ2) is 7.06. The Kier molecular flexibility index (Phi) is 5.33. The summed E-state index contributed by atoms with van der Waals surface area (Å²) in [6.45, 7) is 9.15. The fourth-order valence-electron chi connectivity index (χ4n) is 2.86. The van der Waals surface area contributed by atoms with Crippen LogP contribution in [0.3, 0.4) is 0 Å². The van der Waals surface area contributed by atoms with Gasteiger partial charge < -0.3 is 10.1 Å². The molecule has 126 valence electrons. The molecule has 0 bridgehead atoms. The Balaban J connectivity index is 2.08. The third-order valence-electron chi connectivity index (χ3n) is 3.95. The number of hydrogen-bond donors (Lipinski definition) is 1. The Morgan fingerprint density at radius 3 is 2.43 bits per heavy atom. The van der Waals surface area contributed by atoms with Crippen LogP contribution < -0.4 is 5.32 Å². The molecule has 7 nitrogen and oxygen atoms in total. The Morgan fingerprint density at radius 2 is 1.87 bits per heavy atom. The molecule has 1 amide bonds. The van der Waals surface area contributed by atoms with Crippen molar-refractivity contribution in [2.75, 3.05) is 25.0 Å². The molecule has 23 heavy (non-hydrogen) atoms. The van der Waals surface area contributed by atoms with E-state index in [1.54, 1.807) is 6.07 Å². The van der Waals surface area contributed by atoms with Crippen LogP contribution in [0, 0.1) is 24.0 Å². The monoisotopic (exact) mass is 321 g/mol. The normalized spacial score (nSPS) is 21.9. The number of anilines is 1. The van der Waals surface area contributed by atoms with Crippen molar-refractivity contribution < 1.29 is 14.5 Å². The molecule has 0 saturated carbocycles. The Hall–Kier alpha value is -1.99. The van der Waals surface area contributed by atoms with Crippen molar-refractivity contribution in [2.24, 2.45) is 0 Å². The average Bonchev–Trinajstić information content (AvgIpc) is 2.40. The second-order valence-corrected chi connectivity index (χ2v) is 6.21. The number of amides is 1. The predicted octanol–water partition coefficient (Wildman–Crippen LogP) is 2.26. The first-order valence-corrected chi connectivity index (χ1v) is 7.69. The van der Waals surface area contributed by atoms with Crippen LogP contribution in [0.5, 0.6) is 0 Å². The molecule has 0 radical (unpaired) electrons. The van der Waals surface area contributed by atoms with Gasteiger partial charge >= 0.3 is 0 Å². The van der Waals surface area contributed by atoms with Gasteiger partial charge in [0.1, 0.15) is 5.69 Å². The largest absolute Gasteiger partial charge is 0.373 e. The van der Waals surface area contributed by atoms with Crippen molar-refractivity contribution in [3.63, 3.8) is 0 Å². The van der Waals surface area contributed by atoms with Gasteiger partial charge in [-0.25, -0.2) is 0 Å². The van der Waals surface area contributed by atoms with Crippen molar-refractivity contribution in [1.29, 1.82) is 0 Å². The summed E-state index contributed by atoms with van der Waals surface area (Å²) in [5.41, 5.74) is 1.90. The van der Waals surface area contributed by atoms with Crippen LogP contribution in [0.2, 0.25) is 0 Å². The number of hydrogen-bond acceptors (Lipinski definition) is 5. The molecule has 1 aromatic rings. The smallest absolute Gasteiger partial charge is 0.293 e. The molecule has 0 spiro atoms. The highest BCUT2D eigenvalue weighted by atomic mass is 16.6. The van der Waals surface area contributed by atoms with Gasteiger partial charge in [0.15, 0.2) is 0 Å². The summed E-state index contributed by atoms with van der Waals surface area (Å²) in [4.78, 5) is 24.9. The summed E-state index contributed by atoms with van der Waals surface area (Å²) >= 11 is 0. The molecule has 0 unspecified atom stereocenters. The molecule has 1 aliphatic heterocycles. The first kappa shape index (κ1) is 17.4. The Bertz CT molecular complexity index is 608. The highest BCUT2D eigenvalue weighted by Crippen LogP contribution is 2.28. The molecule has 1 heterocycles. The molecular weight excluding hydrogens is 298 g/mol. The molecule has 1 aliphatic rings. The van der Waals surface area contributed by atoms with E-state index in [0.717, 1.165) is 11.1 Å². The van der Waals surface area contributed by atoms with Crippen LogP contribution in [-0.2, 0) is 9.53 Å². The van der Waals surface area contributed by atoms with Crippen LogP contribution in [0.1, 0.15) is 25.0 Å². The van der Waals surface area contributed by atoms with Crippen LogP contribution in [0.15, 0.2) is 12.1 Å². The third-order valence-corrected chi connectivity index (χ3v) is 3.95. The maximum absolute atomic E-state index is 12.2. The molecule has 0 aliphatic carbocycles. The van der Waals surface area contributed by atoms with E-state index >= 15 is 0 Å². The van der Waals surface area contributed by atoms with E-state index in [-0.39, 0.29) is 36.0 Å². The number of rotatable bonds is 4. The van der Waals surface area contributed by atoms with Gasteiger partial charge in [-0.3, -0.25) is 19.8 Å². The number of nitrogens with zero attached hydrogens (tertiary/aromatic N) is 2. The van der Waals surface area contributed by atoms with Gasteiger partial charge in [0.25, 0.3) is 5.69 Å². The van der Waals surface area contributed by atoms with Gasteiger partial charge in [-0.1, -0.05) is 0 Å². The van der Waals surface area contributed by atoms with Crippen molar-refractivity contribution in [2.45, 2.75) is 39.9 Å². The lowest BCUT2D eigenvalue weighted by molar-refractivity contribution is -0.384. The third kappa shape index (κ3) is 4.49. The van der Waals surface area contributed by atoms with Gasteiger partial charge in [0, 0.05) is 19.2 Å². The lowest BCUT2D eigenvalue weighted by Crippen LogP contribution is -2.48. The predicted molar refractivity (Wildman–Crippen MR) is 87.6 cm³/mol. The highest BCUT2D eigenvalue weighted by Gasteiger charge is 2.24. The number of carbonyl (C=O) groups excluding carboxylic acids is 1. The van der Waals surface area contributed by atoms with Crippen molar-refractivity contribution in [1.82, 2.24) is 4.90 Å². The summed E-state index contributed by atoms with van der Waals surface area (Å²) in [7, 11) is 0. The summed E-state index contributed by atoms with van der Waals surface area (Å²) < 4.78 is 5.63. The minimum Gasteiger partial charge on any atom is -0.373 e. The van der Waals surface area contributed by atoms with E-state index in [1.807, 2.05) is 32.6 Å². The minimum absolute atomic E-state index is 0.0718. The first-order chi connectivity index (χ1) is 10.8. The summed E-state index contributed by atoms with van der Waals surface area (Å²) in [6, 6.07) is 3.14. The van der Waals surface area contributed by atoms with Gasteiger partial charge in [0.2, 0.25) is 5.91 Å². The van der Waals surface area contributed by atoms with Gasteiger partial charge in [-0.2, -0.15) is 0 Å². The summed E-state index contributed by atoms with van der Waals surface area (Å²) in [5, 5.41) is 13.8. The van der Waals surface area contributed by atoms with Crippen molar-refractivity contribution in [3.8, 4) is 0 Å². The number of nitro groups is 1. The fourth-order valence-corrected chi connectivity index (χ4v) is 2.86. The van der Waals surface area contributed by atoms with Crippen LogP contribution in [-0.4, -0.2) is 47.6 Å². The van der Waals surface area contributed by atoms with E-state index in [9.17, 15) is 14.9 Å². The van der Waals surface area contributed by atoms with Crippen molar-refractivity contribution in [3.05, 3.63) is 33.4 Å². The van der Waals surface area contributed by atoms with E-state index in [2.05, 4.69) is 5.32 Å². The Labute approximate surface area is 135 Å². The van der Waals surface area contributed by atoms with E-state index in [0.29, 0.717) is 13.1 Å². The number of morpholine rings is 1. The maximum Gasteiger partial charge on any atom is 0.293 e. The summed E-state index contributed by atoms with van der Waals surface area (Å²) in [5.74, 6) is -0.252. The first-order valence-electron chi connectivity index (χ1n) is 7.69. The number of benzene rings is 1. The number of nitrogens with one attached hydrogen (secondary N) is 1. The molecule has 1 fully saturated rings. The summed E-state index contributed by atoms with van der Waals surface area (Å²) in [6.07, 6.45) is 0.144. The molecule has 1 N–H and O–H groups in total. The average molecular weight is 321 g/mol. The standard InChI is InChI=1S/C16H23N3O4/c1-10-5-14(15(19(21)22)6-11(10)2)17-16(20)9-18-7-12(3)23-13(4)8-18/h5-6,12-13H,7-9H2,1-4H3,(H,17,20)/t12-,13-/m0/s1. The quantitative estimate of drug-likeness (QED) is 0.679. The number of nitro benzene ring substituents is 1. The topological polar surface area (TPSA) is 84.7 Å². The van der Waals surface area contributed by atoms with Crippen LogP contribution >= 0.6 is 0 Å². The number of carbonyl (C=O) groups is 1. The molecule has 1 aromatic carbocycles. The van der Waals surface area contributed by atoms with E-state index in [1.165, 1.54) is 6.07 Å². The molecule has 1 saturated heterocycles. The molecule has 2 atom stereocenters. The van der Waals surface area contributed by atoms with Gasteiger partial charge in [-0.15, -0.1) is 0 Å². The van der Waals surface area contributed by atoms with Crippen LogP contribution in [0.25, 0.3) is 0 Å². The van der Waals surface area contributed by atoms with E-state index < -0.39 is 4.92 Å². The van der Waals surface area contributed by atoms with Crippen LogP contribution in [0.4, 0.5) is 11.4 Å². The zero-order valence-corrected chi connectivity index (χ0v) is 14.0. The lowest BCUT2D eigenvalue weighted by atomic mass is 10.1. The fraction of sp³-hybridized carbons (Fsp3) is 0.562. The van der Waals surface area contributed by atoms with Gasteiger partial charge in [-0.05, 0) is 44.9 Å². The zero-order chi connectivity index (χ0) is 17.1. The molecule has 0 aromatic heterocycles. The number of aryl methyl sites for hydroxylation is 2. The number of ether oxygens (including phenoxy) is 1. The van der Waals surface area contributed by atoms with Gasteiger partial charge in [0.05, 0.1) is 23.7 Å². The Morgan fingerprint density at radius 1 is 1.30 bits per heavy atom.